The van der Waals surface area contributed by atoms with Crippen LogP contribution < -0.4 is 0 Å². The number of hydrogen-bond acceptors (Lipinski definition) is 1. The van der Waals surface area contributed by atoms with E-state index in [4.69, 9.17) is 5.11 Å². The van der Waals surface area contributed by atoms with Gasteiger partial charge < -0.3 is 9.67 Å². The van der Waals surface area contributed by atoms with E-state index in [0.717, 1.165) is 6.54 Å². The van der Waals surface area contributed by atoms with Crippen LogP contribution in [0.3, 0.4) is 0 Å². The Bertz CT molecular complexity index is 307. The summed E-state index contributed by atoms with van der Waals surface area (Å²) < 4.78 is 1.77. The van der Waals surface area contributed by atoms with E-state index >= 15 is 0 Å². The third-order valence-corrected chi connectivity index (χ3v) is 1.69. The normalized spacial score (nSPS) is 11.6. The van der Waals surface area contributed by atoms with Crippen molar-refractivity contribution in [3.63, 3.8) is 0 Å². The molecule has 0 saturated carbocycles. The van der Waals surface area contributed by atoms with Gasteiger partial charge in [0.25, 0.3) is 0 Å². The SMILES string of the molecule is CC(C)(C)Cn1cccc1C(=O)O. The second-order valence-electron chi connectivity index (χ2n) is 4.39. The van der Waals surface area contributed by atoms with Gasteiger partial charge in [0.2, 0.25) is 0 Å². The number of hydrogen-bond donors (Lipinski definition) is 1. The molecule has 3 heteroatoms. The molecule has 0 bridgehead atoms. The average molecular weight is 181 g/mol. The number of rotatable bonds is 2. The Kier molecular flexibility index (Phi) is 2.45. The van der Waals surface area contributed by atoms with Gasteiger partial charge in [0.1, 0.15) is 5.69 Å². The van der Waals surface area contributed by atoms with Crippen LogP contribution in [0.25, 0.3) is 0 Å². The van der Waals surface area contributed by atoms with Crippen LogP contribution in [0.1, 0.15) is 31.3 Å². The highest BCUT2D eigenvalue weighted by Gasteiger charge is 2.15. The predicted molar refractivity (Wildman–Crippen MR) is 50.8 cm³/mol. The zero-order valence-electron chi connectivity index (χ0n) is 8.24. The molecule has 72 valence electrons. The lowest BCUT2D eigenvalue weighted by Gasteiger charge is -2.19. The van der Waals surface area contributed by atoms with Crippen LogP contribution in [0.15, 0.2) is 18.3 Å². The van der Waals surface area contributed by atoms with Crippen molar-refractivity contribution in [3.05, 3.63) is 24.0 Å². The fourth-order valence-corrected chi connectivity index (χ4v) is 1.26. The van der Waals surface area contributed by atoms with Gasteiger partial charge in [0.15, 0.2) is 0 Å². The van der Waals surface area contributed by atoms with Gasteiger partial charge >= 0.3 is 5.97 Å². The average Bonchev–Trinajstić information content (AvgIpc) is 2.31. The van der Waals surface area contributed by atoms with Crippen LogP contribution in [-0.2, 0) is 6.54 Å². The molecule has 0 aliphatic heterocycles. The molecule has 0 radical (unpaired) electrons. The molecular weight excluding hydrogens is 166 g/mol. The molecule has 3 nitrogen and oxygen atoms in total. The standard InChI is InChI=1S/C10H15NO2/c1-10(2,3)7-11-6-4-5-8(11)9(12)13/h4-6H,7H2,1-3H3,(H,12,13). The van der Waals surface area contributed by atoms with Gasteiger partial charge in [-0.1, -0.05) is 20.8 Å². The third kappa shape index (κ3) is 2.61. The second-order valence-corrected chi connectivity index (χ2v) is 4.39. The first-order chi connectivity index (χ1) is 5.90. The van der Waals surface area contributed by atoms with Gasteiger partial charge in [-0.15, -0.1) is 0 Å². The zero-order valence-corrected chi connectivity index (χ0v) is 8.24. The zero-order chi connectivity index (χ0) is 10.1. The third-order valence-electron chi connectivity index (χ3n) is 1.69. The Hall–Kier alpha value is -1.25. The van der Waals surface area contributed by atoms with Crippen molar-refractivity contribution < 1.29 is 9.90 Å². The number of nitrogens with zero attached hydrogens (tertiary/aromatic N) is 1. The van der Waals surface area contributed by atoms with E-state index < -0.39 is 5.97 Å². The molecule has 1 heterocycles. The van der Waals surface area contributed by atoms with Crippen molar-refractivity contribution in [2.75, 3.05) is 0 Å². The highest BCUT2D eigenvalue weighted by Crippen LogP contribution is 2.17. The summed E-state index contributed by atoms with van der Waals surface area (Å²) in [5.41, 5.74) is 0.457. The van der Waals surface area contributed by atoms with Crippen molar-refractivity contribution in [1.29, 1.82) is 0 Å². The molecule has 1 N–H and O–H groups in total. The van der Waals surface area contributed by atoms with Crippen LogP contribution in [0.2, 0.25) is 0 Å². The highest BCUT2D eigenvalue weighted by molar-refractivity contribution is 5.85. The lowest BCUT2D eigenvalue weighted by Crippen LogP contribution is -2.18. The maximum absolute atomic E-state index is 10.7. The Morgan fingerprint density at radius 1 is 1.54 bits per heavy atom. The van der Waals surface area contributed by atoms with Crippen molar-refractivity contribution >= 4 is 5.97 Å². The summed E-state index contributed by atoms with van der Waals surface area (Å²) in [7, 11) is 0. The predicted octanol–water partition coefficient (Wildman–Crippen LogP) is 2.23. The van der Waals surface area contributed by atoms with Crippen molar-refractivity contribution in [1.82, 2.24) is 4.57 Å². The van der Waals surface area contributed by atoms with Gasteiger partial charge in [-0.05, 0) is 17.5 Å². The lowest BCUT2D eigenvalue weighted by molar-refractivity contribution is 0.0683. The molecule has 0 fully saturated rings. The minimum atomic E-state index is -0.866. The molecule has 13 heavy (non-hydrogen) atoms. The van der Waals surface area contributed by atoms with E-state index in [-0.39, 0.29) is 5.41 Å². The molecular formula is C10H15NO2. The van der Waals surface area contributed by atoms with Gasteiger partial charge in [-0.3, -0.25) is 0 Å². The first-order valence-corrected chi connectivity index (χ1v) is 4.28. The number of carboxylic acid groups (broad SMARTS) is 1. The number of carbonyl (C=O) groups is 1. The quantitative estimate of drug-likeness (QED) is 0.760. The fraction of sp³-hybridized carbons (Fsp3) is 0.500. The summed E-state index contributed by atoms with van der Waals surface area (Å²) in [6.45, 7) is 6.97. The van der Waals surface area contributed by atoms with Crippen molar-refractivity contribution in [2.24, 2.45) is 5.41 Å². The van der Waals surface area contributed by atoms with E-state index in [1.807, 2.05) is 0 Å². The van der Waals surface area contributed by atoms with Crippen LogP contribution in [0, 0.1) is 5.41 Å². The smallest absolute Gasteiger partial charge is 0.352 e. The highest BCUT2D eigenvalue weighted by atomic mass is 16.4. The molecule has 0 unspecified atom stereocenters. The van der Waals surface area contributed by atoms with Crippen molar-refractivity contribution in [2.45, 2.75) is 27.3 Å². The summed E-state index contributed by atoms with van der Waals surface area (Å²) in [5, 5.41) is 8.83. The number of aromatic carboxylic acids is 1. The van der Waals surface area contributed by atoms with Gasteiger partial charge in [-0.25, -0.2) is 4.79 Å². The maximum atomic E-state index is 10.7. The molecule has 0 saturated heterocycles. The lowest BCUT2D eigenvalue weighted by atomic mass is 9.97. The van der Waals surface area contributed by atoms with E-state index in [9.17, 15) is 4.79 Å². The first-order valence-electron chi connectivity index (χ1n) is 4.28. The van der Waals surface area contributed by atoms with E-state index in [2.05, 4.69) is 20.8 Å². The Morgan fingerprint density at radius 2 is 2.15 bits per heavy atom. The monoisotopic (exact) mass is 181 g/mol. The van der Waals surface area contributed by atoms with Crippen LogP contribution in [-0.4, -0.2) is 15.6 Å². The fourth-order valence-electron chi connectivity index (χ4n) is 1.26. The molecule has 1 aromatic heterocycles. The second kappa shape index (κ2) is 3.24. The number of aromatic nitrogens is 1. The molecule has 1 rings (SSSR count). The summed E-state index contributed by atoms with van der Waals surface area (Å²) in [5.74, 6) is -0.866. The van der Waals surface area contributed by atoms with Gasteiger partial charge in [0.05, 0.1) is 0 Å². The van der Waals surface area contributed by atoms with E-state index in [1.54, 1.807) is 22.9 Å². The summed E-state index contributed by atoms with van der Waals surface area (Å²) in [4.78, 5) is 10.7. The summed E-state index contributed by atoms with van der Waals surface area (Å²) in [6.07, 6.45) is 1.80. The molecule has 0 aliphatic carbocycles. The minimum Gasteiger partial charge on any atom is -0.477 e. The van der Waals surface area contributed by atoms with Crippen LogP contribution in [0.5, 0.6) is 0 Å². The topological polar surface area (TPSA) is 42.2 Å². The molecule has 0 aromatic carbocycles. The minimum absolute atomic E-state index is 0.100. The largest absolute Gasteiger partial charge is 0.477 e. The van der Waals surface area contributed by atoms with E-state index in [1.165, 1.54) is 0 Å². The van der Waals surface area contributed by atoms with Gasteiger partial charge in [0, 0.05) is 12.7 Å². The Balaban J connectivity index is 2.89. The van der Waals surface area contributed by atoms with Crippen molar-refractivity contribution in [3.8, 4) is 0 Å². The molecule has 0 amide bonds. The summed E-state index contributed by atoms with van der Waals surface area (Å²) in [6, 6.07) is 3.38. The van der Waals surface area contributed by atoms with E-state index in [0.29, 0.717) is 5.69 Å². The molecule has 0 spiro atoms. The van der Waals surface area contributed by atoms with Crippen LogP contribution >= 0.6 is 0 Å². The molecule has 0 aliphatic rings. The molecule has 0 atom stereocenters. The first kappa shape index (κ1) is 9.84. The maximum Gasteiger partial charge on any atom is 0.352 e. The van der Waals surface area contributed by atoms with Gasteiger partial charge in [-0.2, -0.15) is 0 Å². The Morgan fingerprint density at radius 3 is 2.62 bits per heavy atom. The Labute approximate surface area is 78.0 Å². The van der Waals surface area contributed by atoms with Crippen LogP contribution in [0.4, 0.5) is 0 Å². The number of carboxylic acids is 1. The molecule has 1 aromatic rings. The summed E-state index contributed by atoms with van der Waals surface area (Å²) >= 11 is 0.